The van der Waals surface area contributed by atoms with E-state index in [-0.39, 0.29) is 18.5 Å². The largest absolute Gasteiger partial charge is 0.493 e. The van der Waals surface area contributed by atoms with Crippen LogP contribution in [0, 0.1) is 5.92 Å². The lowest BCUT2D eigenvalue weighted by atomic mass is 10.1. The van der Waals surface area contributed by atoms with Crippen molar-refractivity contribution >= 4 is 17.7 Å². The molecule has 0 radical (unpaired) electrons. The molecule has 0 saturated carbocycles. The highest BCUT2D eigenvalue weighted by Gasteiger charge is 2.40. The zero-order chi connectivity index (χ0) is 21.6. The van der Waals surface area contributed by atoms with Crippen LogP contribution in [0.3, 0.4) is 0 Å². The van der Waals surface area contributed by atoms with Crippen LogP contribution < -0.4 is 20.3 Å². The average molecular weight is 417 g/mol. The average Bonchev–Trinajstić information content (AvgIpc) is 3.02. The Morgan fingerprint density at radius 3 is 2.59 bits per heavy atom. The summed E-state index contributed by atoms with van der Waals surface area (Å²) in [5.74, 6) is -2.35. The number of hydrogen-bond acceptors (Lipinski definition) is 5. The molecule has 1 aliphatic rings. The van der Waals surface area contributed by atoms with Gasteiger partial charge in [0.1, 0.15) is 6.54 Å². The van der Waals surface area contributed by atoms with Gasteiger partial charge in [0, 0.05) is 18.5 Å². The number of amides is 3. The number of ether oxygens (including phenoxy) is 2. The molecule has 3 amide bonds. The molecule has 2 rings (SSSR count). The molecule has 8 nitrogen and oxygen atoms in total. The van der Waals surface area contributed by atoms with Crippen LogP contribution in [-0.4, -0.2) is 55.6 Å². The molecule has 0 aromatic heterocycles. The van der Waals surface area contributed by atoms with E-state index in [1.54, 1.807) is 6.07 Å². The third kappa shape index (κ3) is 6.26. The summed E-state index contributed by atoms with van der Waals surface area (Å²) in [6.45, 7) is 0.645. The van der Waals surface area contributed by atoms with E-state index in [2.05, 4.69) is 10.9 Å². The molecule has 1 atom stereocenters. The first-order valence-corrected chi connectivity index (χ1v) is 8.90. The van der Waals surface area contributed by atoms with E-state index < -0.39 is 36.4 Å². The van der Waals surface area contributed by atoms with Gasteiger partial charge in [0.15, 0.2) is 11.5 Å². The highest BCUT2D eigenvalue weighted by molar-refractivity contribution is 5.97. The number of nitrogens with zero attached hydrogens (tertiary/aromatic N) is 1. The third-order valence-corrected chi connectivity index (χ3v) is 4.14. The Morgan fingerprint density at radius 2 is 1.97 bits per heavy atom. The fourth-order valence-electron chi connectivity index (χ4n) is 2.75. The lowest BCUT2D eigenvalue weighted by Crippen LogP contribution is -2.45. The van der Waals surface area contributed by atoms with Crippen molar-refractivity contribution in [3.63, 3.8) is 0 Å². The standard InChI is InChI=1S/C18H22F3N3O5/c1-3-6-29-13-5-4-11(7-14(13)28-2)16(26)22-23-17(27)12-8-15(25)24(9-12)10-18(19,20)21/h4-5,7,12H,3,6,8-10H2,1-2H3,(H,22,26)(H,23,27). The Kier molecular flexibility index (Phi) is 7.29. The van der Waals surface area contributed by atoms with Crippen LogP contribution in [0.2, 0.25) is 0 Å². The molecule has 2 N–H and O–H groups in total. The van der Waals surface area contributed by atoms with Crippen LogP contribution in [0.1, 0.15) is 30.1 Å². The Hall–Kier alpha value is -2.98. The molecule has 29 heavy (non-hydrogen) atoms. The zero-order valence-electron chi connectivity index (χ0n) is 16.0. The van der Waals surface area contributed by atoms with Gasteiger partial charge in [-0.2, -0.15) is 13.2 Å². The van der Waals surface area contributed by atoms with Gasteiger partial charge in [0.25, 0.3) is 5.91 Å². The first-order valence-electron chi connectivity index (χ1n) is 8.90. The summed E-state index contributed by atoms with van der Waals surface area (Å²) >= 11 is 0. The fraction of sp³-hybridized carbons (Fsp3) is 0.500. The minimum atomic E-state index is -4.54. The Morgan fingerprint density at radius 1 is 1.24 bits per heavy atom. The molecule has 11 heteroatoms. The van der Waals surface area contributed by atoms with Gasteiger partial charge in [-0.25, -0.2) is 0 Å². The van der Waals surface area contributed by atoms with E-state index >= 15 is 0 Å². The monoisotopic (exact) mass is 417 g/mol. The van der Waals surface area contributed by atoms with Gasteiger partial charge in [-0.1, -0.05) is 6.92 Å². The lowest BCUT2D eigenvalue weighted by Gasteiger charge is -2.18. The minimum absolute atomic E-state index is 0.173. The van der Waals surface area contributed by atoms with Crippen LogP contribution in [0.25, 0.3) is 0 Å². The van der Waals surface area contributed by atoms with E-state index in [9.17, 15) is 27.6 Å². The van der Waals surface area contributed by atoms with Crippen LogP contribution >= 0.6 is 0 Å². The van der Waals surface area contributed by atoms with Crippen molar-refractivity contribution in [2.45, 2.75) is 25.9 Å². The second-order valence-corrected chi connectivity index (χ2v) is 6.45. The molecular formula is C18H22F3N3O5. The Balaban J connectivity index is 1.92. The first-order chi connectivity index (χ1) is 13.6. The number of rotatable bonds is 7. The smallest absolute Gasteiger partial charge is 0.406 e. The zero-order valence-corrected chi connectivity index (χ0v) is 16.0. The molecule has 1 unspecified atom stereocenters. The van der Waals surface area contributed by atoms with Gasteiger partial charge in [0.2, 0.25) is 11.8 Å². The second-order valence-electron chi connectivity index (χ2n) is 6.45. The number of alkyl halides is 3. The summed E-state index contributed by atoms with van der Waals surface area (Å²) in [7, 11) is 1.42. The summed E-state index contributed by atoms with van der Waals surface area (Å²) in [5.41, 5.74) is 4.50. The van der Waals surface area contributed by atoms with Crippen molar-refractivity contribution < 1.29 is 37.0 Å². The molecule has 1 aromatic rings. The number of halogens is 3. The van der Waals surface area contributed by atoms with Crippen LogP contribution in [-0.2, 0) is 9.59 Å². The van der Waals surface area contributed by atoms with Gasteiger partial charge < -0.3 is 14.4 Å². The van der Waals surface area contributed by atoms with Crippen molar-refractivity contribution in [1.82, 2.24) is 15.8 Å². The summed E-state index contributed by atoms with van der Waals surface area (Å²) in [5, 5.41) is 0. The van der Waals surface area contributed by atoms with E-state index in [0.29, 0.717) is 23.0 Å². The first kappa shape index (κ1) is 22.3. The molecule has 0 aliphatic carbocycles. The summed E-state index contributed by atoms with van der Waals surface area (Å²) in [4.78, 5) is 36.5. The number of methoxy groups -OCH3 is 1. The second kappa shape index (κ2) is 9.48. The minimum Gasteiger partial charge on any atom is -0.493 e. The quantitative estimate of drug-likeness (QED) is 0.658. The van der Waals surface area contributed by atoms with E-state index in [4.69, 9.17) is 9.47 Å². The van der Waals surface area contributed by atoms with Gasteiger partial charge in [0.05, 0.1) is 19.6 Å². The number of hydrogen-bond donors (Lipinski definition) is 2. The number of likely N-dealkylation sites (tertiary alicyclic amines) is 1. The molecule has 160 valence electrons. The fourth-order valence-corrected chi connectivity index (χ4v) is 2.75. The Labute approximate surface area is 165 Å². The maximum atomic E-state index is 12.4. The van der Waals surface area contributed by atoms with Crippen LogP contribution in [0.4, 0.5) is 13.2 Å². The predicted octanol–water partition coefficient (Wildman–Crippen LogP) is 1.66. The Bertz CT molecular complexity index is 770. The van der Waals surface area contributed by atoms with E-state index in [1.165, 1.54) is 19.2 Å². The number of nitrogens with one attached hydrogen (secondary N) is 2. The van der Waals surface area contributed by atoms with Crippen molar-refractivity contribution in [1.29, 1.82) is 0 Å². The van der Waals surface area contributed by atoms with Crippen molar-refractivity contribution in [2.75, 3.05) is 26.8 Å². The molecule has 0 spiro atoms. The SMILES string of the molecule is CCCOc1ccc(C(=O)NNC(=O)C2CC(=O)N(CC(F)(F)F)C2)cc1OC. The highest BCUT2D eigenvalue weighted by atomic mass is 19.4. The molecule has 1 aliphatic heterocycles. The third-order valence-electron chi connectivity index (χ3n) is 4.14. The lowest BCUT2D eigenvalue weighted by molar-refractivity contribution is -0.157. The highest BCUT2D eigenvalue weighted by Crippen LogP contribution is 2.28. The molecular weight excluding hydrogens is 395 g/mol. The number of carbonyl (C=O) groups excluding carboxylic acids is 3. The van der Waals surface area contributed by atoms with Gasteiger partial charge in [-0.15, -0.1) is 0 Å². The van der Waals surface area contributed by atoms with Crippen molar-refractivity contribution in [2.24, 2.45) is 5.92 Å². The van der Waals surface area contributed by atoms with Crippen molar-refractivity contribution in [3.8, 4) is 11.5 Å². The maximum Gasteiger partial charge on any atom is 0.406 e. The number of carbonyl (C=O) groups is 3. The van der Waals surface area contributed by atoms with Crippen molar-refractivity contribution in [3.05, 3.63) is 23.8 Å². The molecule has 1 heterocycles. The molecule has 1 fully saturated rings. The van der Waals surface area contributed by atoms with Gasteiger partial charge in [-0.05, 0) is 24.6 Å². The number of hydrazine groups is 1. The normalized spacial score (nSPS) is 16.5. The molecule has 1 saturated heterocycles. The maximum absolute atomic E-state index is 12.4. The predicted molar refractivity (Wildman–Crippen MR) is 95.1 cm³/mol. The van der Waals surface area contributed by atoms with Gasteiger partial charge >= 0.3 is 6.18 Å². The topological polar surface area (TPSA) is 97.0 Å². The van der Waals surface area contributed by atoms with E-state index in [0.717, 1.165) is 6.42 Å². The van der Waals surface area contributed by atoms with Crippen LogP contribution in [0.5, 0.6) is 11.5 Å². The summed E-state index contributed by atoms with van der Waals surface area (Å²) < 4.78 is 48.0. The van der Waals surface area contributed by atoms with Gasteiger partial charge in [-0.3, -0.25) is 25.2 Å². The summed E-state index contributed by atoms with van der Waals surface area (Å²) in [6.07, 6.45) is -4.10. The molecule has 1 aromatic carbocycles. The summed E-state index contributed by atoms with van der Waals surface area (Å²) in [6, 6.07) is 4.45. The van der Waals surface area contributed by atoms with E-state index in [1.807, 2.05) is 6.92 Å². The van der Waals surface area contributed by atoms with Crippen LogP contribution in [0.15, 0.2) is 18.2 Å². The molecule has 0 bridgehead atoms. The number of benzene rings is 1.